The largest absolute Gasteiger partial charge is 0.477 e. The summed E-state index contributed by atoms with van der Waals surface area (Å²) in [6.07, 6.45) is -4.01. The molecule has 1 saturated heterocycles. The van der Waals surface area contributed by atoms with Crippen molar-refractivity contribution in [1.82, 2.24) is 0 Å². The predicted molar refractivity (Wildman–Crippen MR) is 45.8 cm³/mol. The Bertz CT molecular complexity index is 243. The Morgan fingerprint density at radius 2 is 2.20 bits per heavy atom. The van der Waals surface area contributed by atoms with Gasteiger partial charge in [-0.05, 0) is 0 Å². The number of carboxylic acids is 1. The van der Waals surface area contributed by atoms with Crippen LogP contribution >= 0.6 is 0 Å². The van der Waals surface area contributed by atoms with Crippen LogP contribution in [0.15, 0.2) is 0 Å². The Labute approximate surface area is 85.5 Å². The van der Waals surface area contributed by atoms with Gasteiger partial charge in [-0.1, -0.05) is 0 Å². The third-order valence-corrected chi connectivity index (χ3v) is 2.31. The molecule has 0 unspecified atom stereocenters. The number of aliphatic carboxylic acids is 1. The first-order chi connectivity index (χ1) is 6.89. The maximum atomic E-state index is 10.6. The molecule has 7 nitrogen and oxygen atoms in total. The molecule has 0 aliphatic carbocycles. The van der Waals surface area contributed by atoms with Gasteiger partial charge in [0.1, 0.15) is 6.10 Å². The smallest absolute Gasteiger partial charge is 0.364 e. The number of carbonyl (C=O) groups is 1. The fraction of sp³-hybridized carbons (Fsp3) is 0.875. The molecule has 0 amide bonds. The van der Waals surface area contributed by atoms with Gasteiger partial charge >= 0.3 is 5.97 Å². The summed E-state index contributed by atoms with van der Waals surface area (Å²) in [4.78, 5) is 10.6. The summed E-state index contributed by atoms with van der Waals surface area (Å²) in [6, 6.07) is 0. The predicted octanol–water partition coefficient (Wildman–Crippen LogP) is -2.35. The minimum Gasteiger partial charge on any atom is -0.477 e. The Kier molecular flexibility index (Phi) is 3.63. The quantitative estimate of drug-likeness (QED) is 0.362. The Hall–Kier alpha value is -0.730. The highest BCUT2D eigenvalue weighted by atomic mass is 16.7. The summed E-state index contributed by atoms with van der Waals surface area (Å²) in [5, 5.41) is 45.3. The van der Waals surface area contributed by atoms with E-state index in [1.165, 1.54) is 0 Å². The van der Waals surface area contributed by atoms with Crippen molar-refractivity contribution in [2.45, 2.75) is 36.9 Å². The average molecular weight is 222 g/mol. The molecule has 4 atom stereocenters. The van der Waals surface area contributed by atoms with Crippen molar-refractivity contribution in [2.75, 3.05) is 6.61 Å². The van der Waals surface area contributed by atoms with E-state index >= 15 is 0 Å². The van der Waals surface area contributed by atoms with Crippen LogP contribution < -0.4 is 0 Å². The van der Waals surface area contributed by atoms with E-state index in [0.717, 1.165) is 0 Å². The van der Waals surface area contributed by atoms with Crippen molar-refractivity contribution in [3.63, 3.8) is 0 Å². The lowest BCUT2D eigenvalue weighted by Gasteiger charge is -2.38. The van der Waals surface area contributed by atoms with Crippen molar-refractivity contribution in [3.05, 3.63) is 0 Å². The summed E-state index contributed by atoms with van der Waals surface area (Å²) >= 11 is 0. The third-order valence-electron chi connectivity index (χ3n) is 2.31. The number of aliphatic hydroxyl groups is 4. The lowest BCUT2D eigenvalue weighted by atomic mass is 9.96. The molecular weight excluding hydrogens is 208 g/mol. The van der Waals surface area contributed by atoms with E-state index in [1.54, 1.807) is 0 Å². The van der Waals surface area contributed by atoms with Crippen LogP contribution in [0.1, 0.15) is 12.8 Å². The molecule has 0 aromatic carbocycles. The van der Waals surface area contributed by atoms with Crippen molar-refractivity contribution in [1.29, 1.82) is 0 Å². The zero-order valence-electron chi connectivity index (χ0n) is 7.91. The van der Waals surface area contributed by atoms with E-state index in [9.17, 15) is 20.1 Å². The number of carboxylic acid groups (broad SMARTS) is 1. The van der Waals surface area contributed by atoms with Gasteiger partial charge in [0.25, 0.3) is 5.79 Å². The Morgan fingerprint density at radius 1 is 1.60 bits per heavy atom. The van der Waals surface area contributed by atoms with E-state index in [0.29, 0.717) is 0 Å². The SMILES string of the molecule is O=C(O)[C@@]1(O)C[C@H](O)C[C@@H]([C@H](O)CO)O1. The van der Waals surface area contributed by atoms with Gasteiger partial charge in [0, 0.05) is 12.8 Å². The number of hydrogen-bond acceptors (Lipinski definition) is 6. The van der Waals surface area contributed by atoms with Crippen LogP contribution in [0.2, 0.25) is 0 Å². The van der Waals surface area contributed by atoms with Crippen LogP contribution in [-0.4, -0.2) is 62.2 Å². The van der Waals surface area contributed by atoms with Crippen molar-refractivity contribution >= 4 is 5.97 Å². The Morgan fingerprint density at radius 3 is 2.67 bits per heavy atom. The fourth-order valence-corrected chi connectivity index (χ4v) is 1.51. The van der Waals surface area contributed by atoms with Gasteiger partial charge in [0.05, 0.1) is 18.8 Å². The minimum atomic E-state index is -2.50. The molecule has 1 rings (SSSR count). The lowest BCUT2D eigenvalue weighted by molar-refractivity contribution is -0.283. The molecule has 0 aromatic heterocycles. The van der Waals surface area contributed by atoms with Crippen LogP contribution in [0.5, 0.6) is 0 Å². The summed E-state index contributed by atoms with van der Waals surface area (Å²) < 4.78 is 4.74. The molecule has 0 aromatic rings. The number of hydrogen-bond donors (Lipinski definition) is 5. The second-order valence-electron chi connectivity index (χ2n) is 3.59. The van der Waals surface area contributed by atoms with E-state index < -0.39 is 43.1 Å². The van der Waals surface area contributed by atoms with Crippen LogP contribution in [-0.2, 0) is 9.53 Å². The highest BCUT2D eigenvalue weighted by Crippen LogP contribution is 2.28. The summed E-state index contributed by atoms with van der Waals surface area (Å²) in [5.74, 6) is -4.13. The first-order valence-electron chi connectivity index (χ1n) is 4.49. The van der Waals surface area contributed by atoms with E-state index in [-0.39, 0.29) is 6.42 Å². The average Bonchev–Trinajstić information content (AvgIpc) is 2.15. The minimum absolute atomic E-state index is 0.0304. The van der Waals surface area contributed by atoms with E-state index in [4.69, 9.17) is 14.9 Å². The number of aliphatic hydroxyl groups excluding tert-OH is 3. The molecule has 0 saturated carbocycles. The standard InChI is InChI=1S/C8H14O7/c9-3-5(11)6-1-4(10)2-8(14,15-6)7(12)13/h4-6,9-11,14H,1-3H2,(H,12,13)/t4-,5-,6+,8-/m1/s1. The maximum Gasteiger partial charge on any atom is 0.364 e. The van der Waals surface area contributed by atoms with Crippen LogP contribution in [0.4, 0.5) is 0 Å². The summed E-state index contributed by atoms with van der Waals surface area (Å²) in [7, 11) is 0. The highest BCUT2D eigenvalue weighted by molar-refractivity contribution is 5.75. The molecule has 5 N–H and O–H groups in total. The molecular formula is C8H14O7. The fourth-order valence-electron chi connectivity index (χ4n) is 1.51. The van der Waals surface area contributed by atoms with Crippen LogP contribution in [0.25, 0.3) is 0 Å². The first kappa shape index (κ1) is 12.3. The van der Waals surface area contributed by atoms with Gasteiger partial charge in [0.2, 0.25) is 0 Å². The molecule has 88 valence electrons. The zero-order valence-corrected chi connectivity index (χ0v) is 7.91. The normalized spacial score (nSPS) is 38.7. The highest BCUT2D eigenvalue weighted by Gasteiger charge is 2.47. The zero-order chi connectivity index (χ0) is 11.6. The molecule has 0 spiro atoms. The molecule has 7 heteroatoms. The second-order valence-corrected chi connectivity index (χ2v) is 3.59. The molecule has 1 aliphatic heterocycles. The molecule has 0 bridgehead atoms. The number of rotatable bonds is 3. The maximum absolute atomic E-state index is 10.6. The van der Waals surface area contributed by atoms with Crippen LogP contribution in [0, 0.1) is 0 Å². The van der Waals surface area contributed by atoms with Crippen LogP contribution in [0.3, 0.4) is 0 Å². The monoisotopic (exact) mass is 222 g/mol. The molecule has 1 aliphatic rings. The summed E-state index contributed by atoms with van der Waals surface area (Å²) in [5.41, 5.74) is 0. The van der Waals surface area contributed by atoms with Gasteiger partial charge < -0.3 is 30.3 Å². The first-order valence-corrected chi connectivity index (χ1v) is 4.49. The van der Waals surface area contributed by atoms with Gasteiger partial charge in [-0.2, -0.15) is 0 Å². The van der Waals surface area contributed by atoms with Gasteiger partial charge in [-0.3, -0.25) is 0 Å². The molecule has 15 heavy (non-hydrogen) atoms. The molecule has 0 radical (unpaired) electrons. The Balaban J connectivity index is 2.75. The number of ether oxygens (including phenoxy) is 1. The molecule has 1 heterocycles. The van der Waals surface area contributed by atoms with Gasteiger partial charge in [-0.25, -0.2) is 4.79 Å². The van der Waals surface area contributed by atoms with Gasteiger partial charge in [0.15, 0.2) is 0 Å². The van der Waals surface area contributed by atoms with Crippen molar-refractivity contribution in [3.8, 4) is 0 Å². The lowest BCUT2D eigenvalue weighted by Crippen LogP contribution is -2.54. The van der Waals surface area contributed by atoms with E-state index in [2.05, 4.69) is 0 Å². The van der Waals surface area contributed by atoms with E-state index in [1.807, 2.05) is 0 Å². The molecule has 1 fully saturated rings. The van der Waals surface area contributed by atoms with Crippen molar-refractivity contribution < 1.29 is 35.1 Å². The van der Waals surface area contributed by atoms with Crippen molar-refractivity contribution in [2.24, 2.45) is 0 Å². The second kappa shape index (κ2) is 4.42. The summed E-state index contributed by atoms with van der Waals surface area (Å²) in [6.45, 7) is -0.632. The third kappa shape index (κ3) is 2.64. The van der Waals surface area contributed by atoms with Gasteiger partial charge in [-0.15, -0.1) is 0 Å². The topological polar surface area (TPSA) is 127 Å².